The van der Waals surface area contributed by atoms with Crippen LogP contribution in [0.3, 0.4) is 0 Å². The molecule has 0 spiro atoms. The van der Waals surface area contributed by atoms with Gasteiger partial charge in [-0.2, -0.15) is 0 Å². The van der Waals surface area contributed by atoms with Crippen molar-refractivity contribution in [1.29, 1.82) is 0 Å². The number of nitrogens with zero attached hydrogens (tertiary/aromatic N) is 1. The number of carbonyl (C=O) groups excluding carboxylic acids is 2. The molecule has 1 saturated heterocycles. The van der Waals surface area contributed by atoms with Crippen LogP contribution in [0, 0.1) is 5.82 Å². The number of benzene rings is 2. The van der Waals surface area contributed by atoms with Crippen LogP contribution in [0.15, 0.2) is 42.5 Å². The van der Waals surface area contributed by atoms with Crippen molar-refractivity contribution >= 4 is 34.8 Å². The Kier molecular flexibility index (Phi) is 5.57. The molecule has 26 heavy (non-hydrogen) atoms. The summed E-state index contributed by atoms with van der Waals surface area (Å²) in [5.74, 6) is -1.32. The molecule has 0 radical (unpaired) electrons. The van der Waals surface area contributed by atoms with Crippen molar-refractivity contribution in [3.63, 3.8) is 0 Å². The summed E-state index contributed by atoms with van der Waals surface area (Å²) in [6.07, 6.45) is 2.37. The molecular formula is C20H20ClFN2O2. The van der Waals surface area contributed by atoms with E-state index in [0.29, 0.717) is 34.9 Å². The molecule has 6 heteroatoms. The van der Waals surface area contributed by atoms with Gasteiger partial charge in [0.2, 0.25) is 11.8 Å². The van der Waals surface area contributed by atoms with Crippen LogP contribution in [-0.4, -0.2) is 18.4 Å². The number of piperidine rings is 1. The molecule has 1 aliphatic heterocycles. The van der Waals surface area contributed by atoms with E-state index in [0.717, 1.165) is 12.8 Å². The Labute approximate surface area is 157 Å². The zero-order chi connectivity index (χ0) is 18.7. The highest BCUT2D eigenvalue weighted by Gasteiger charge is 2.23. The number of carbonyl (C=O) groups is 2. The largest absolute Gasteiger partial charge is 0.326 e. The van der Waals surface area contributed by atoms with Crippen LogP contribution < -0.4 is 10.2 Å². The lowest BCUT2D eigenvalue weighted by Crippen LogP contribution is -2.35. The first kappa shape index (κ1) is 18.4. The van der Waals surface area contributed by atoms with E-state index in [2.05, 4.69) is 5.32 Å². The number of anilines is 2. The molecule has 0 bridgehead atoms. The lowest BCUT2D eigenvalue weighted by Gasteiger charge is -2.27. The average Bonchev–Trinajstić information content (AvgIpc) is 2.62. The first-order valence-corrected chi connectivity index (χ1v) is 9.00. The van der Waals surface area contributed by atoms with Crippen molar-refractivity contribution in [3.05, 3.63) is 58.9 Å². The molecule has 2 amide bonds. The van der Waals surface area contributed by atoms with Crippen molar-refractivity contribution in [2.75, 3.05) is 16.8 Å². The molecule has 1 atom stereocenters. The Balaban J connectivity index is 1.74. The predicted octanol–water partition coefficient (Wildman–Crippen LogP) is 4.74. The van der Waals surface area contributed by atoms with Crippen LogP contribution in [-0.2, 0) is 9.59 Å². The fraction of sp³-hybridized carbons (Fsp3) is 0.300. The maximum Gasteiger partial charge on any atom is 0.231 e. The summed E-state index contributed by atoms with van der Waals surface area (Å²) < 4.78 is 13.9. The van der Waals surface area contributed by atoms with Gasteiger partial charge in [0, 0.05) is 18.7 Å². The van der Waals surface area contributed by atoms with Crippen LogP contribution in [0.4, 0.5) is 15.8 Å². The number of rotatable bonds is 4. The smallest absolute Gasteiger partial charge is 0.231 e. The van der Waals surface area contributed by atoms with Gasteiger partial charge in [-0.15, -0.1) is 0 Å². The van der Waals surface area contributed by atoms with Crippen molar-refractivity contribution in [3.8, 4) is 0 Å². The third-order valence-electron chi connectivity index (χ3n) is 4.59. The van der Waals surface area contributed by atoms with Gasteiger partial charge in [-0.1, -0.05) is 29.8 Å². The topological polar surface area (TPSA) is 49.4 Å². The summed E-state index contributed by atoms with van der Waals surface area (Å²) >= 11 is 6.33. The van der Waals surface area contributed by atoms with Gasteiger partial charge in [0.25, 0.3) is 0 Å². The van der Waals surface area contributed by atoms with Gasteiger partial charge < -0.3 is 10.2 Å². The van der Waals surface area contributed by atoms with Crippen LogP contribution in [0.5, 0.6) is 0 Å². The van der Waals surface area contributed by atoms with Crippen LogP contribution in [0.1, 0.15) is 37.7 Å². The van der Waals surface area contributed by atoms with Gasteiger partial charge in [-0.05, 0) is 49.6 Å². The Morgan fingerprint density at radius 1 is 1.23 bits per heavy atom. The summed E-state index contributed by atoms with van der Waals surface area (Å²) in [5.41, 5.74) is 1.50. The normalized spacial score (nSPS) is 15.7. The second-order valence-electron chi connectivity index (χ2n) is 6.40. The lowest BCUT2D eigenvalue weighted by atomic mass is 9.99. The highest BCUT2D eigenvalue weighted by atomic mass is 35.5. The van der Waals surface area contributed by atoms with Crippen LogP contribution in [0.2, 0.25) is 5.02 Å². The van der Waals surface area contributed by atoms with E-state index in [1.807, 2.05) is 0 Å². The van der Waals surface area contributed by atoms with Gasteiger partial charge in [-0.3, -0.25) is 9.59 Å². The SMILES string of the molecule is CC(C(=O)Nc1ccc(N2CCCCC2=O)c(Cl)c1)c1ccccc1F. The highest BCUT2D eigenvalue weighted by molar-refractivity contribution is 6.34. The van der Waals surface area contributed by atoms with E-state index >= 15 is 0 Å². The zero-order valence-corrected chi connectivity index (χ0v) is 15.2. The van der Waals surface area contributed by atoms with Crippen molar-refractivity contribution in [1.82, 2.24) is 0 Å². The van der Waals surface area contributed by atoms with Gasteiger partial charge in [0.15, 0.2) is 0 Å². The number of hydrogen-bond acceptors (Lipinski definition) is 2. The second-order valence-corrected chi connectivity index (χ2v) is 6.81. The first-order valence-electron chi connectivity index (χ1n) is 8.62. The highest BCUT2D eigenvalue weighted by Crippen LogP contribution is 2.32. The summed E-state index contributed by atoms with van der Waals surface area (Å²) in [7, 11) is 0. The average molecular weight is 375 g/mol. The number of halogens is 2. The molecule has 136 valence electrons. The first-order chi connectivity index (χ1) is 12.5. The lowest BCUT2D eigenvalue weighted by molar-refractivity contribution is -0.119. The Hall–Kier alpha value is -2.40. The van der Waals surface area contributed by atoms with Crippen LogP contribution in [0.25, 0.3) is 0 Å². The van der Waals surface area contributed by atoms with E-state index in [-0.39, 0.29) is 11.8 Å². The third-order valence-corrected chi connectivity index (χ3v) is 4.90. The molecule has 1 aliphatic rings. The minimum atomic E-state index is -0.640. The molecular weight excluding hydrogens is 355 g/mol. The molecule has 0 aliphatic carbocycles. The fourth-order valence-electron chi connectivity index (χ4n) is 3.08. The van der Waals surface area contributed by atoms with Crippen molar-refractivity contribution in [2.45, 2.75) is 32.1 Å². The van der Waals surface area contributed by atoms with Gasteiger partial charge >= 0.3 is 0 Å². The van der Waals surface area contributed by atoms with Crippen LogP contribution >= 0.6 is 11.6 Å². The standard InChI is InChI=1S/C20H20ClFN2O2/c1-13(15-6-2-3-7-17(15)22)20(26)23-14-9-10-18(16(21)12-14)24-11-5-4-8-19(24)25/h2-3,6-7,9-10,12-13H,4-5,8,11H2,1H3,(H,23,26). The number of hydrogen-bond donors (Lipinski definition) is 1. The van der Waals surface area contributed by atoms with E-state index in [9.17, 15) is 14.0 Å². The molecule has 1 fully saturated rings. The second kappa shape index (κ2) is 7.87. The Morgan fingerprint density at radius 3 is 2.69 bits per heavy atom. The summed E-state index contributed by atoms with van der Waals surface area (Å²) in [6.45, 7) is 2.30. The van der Waals surface area contributed by atoms with E-state index in [1.165, 1.54) is 6.07 Å². The molecule has 3 rings (SSSR count). The van der Waals surface area contributed by atoms with E-state index in [4.69, 9.17) is 11.6 Å². The summed E-state index contributed by atoms with van der Waals surface area (Å²) in [5, 5.41) is 3.16. The van der Waals surface area contributed by atoms with Gasteiger partial charge in [-0.25, -0.2) is 4.39 Å². The molecule has 0 aromatic heterocycles. The third kappa shape index (κ3) is 3.88. The Bertz CT molecular complexity index is 840. The van der Waals surface area contributed by atoms with E-state index < -0.39 is 11.7 Å². The Morgan fingerprint density at radius 2 is 2.00 bits per heavy atom. The molecule has 4 nitrogen and oxygen atoms in total. The van der Waals surface area contributed by atoms with Gasteiger partial charge in [0.1, 0.15) is 5.82 Å². The molecule has 1 heterocycles. The molecule has 0 saturated carbocycles. The number of nitrogens with one attached hydrogen (secondary N) is 1. The molecule has 1 unspecified atom stereocenters. The molecule has 2 aromatic carbocycles. The predicted molar refractivity (Wildman–Crippen MR) is 101 cm³/mol. The van der Waals surface area contributed by atoms with Crippen molar-refractivity contribution in [2.24, 2.45) is 0 Å². The maximum absolute atomic E-state index is 13.9. The molecule has 1 N–H and O–H groups in total. The van der Waals surface area contributed by atoms with Gasteiger partial charge in [0.05, 0.1) is 16.6 Å². The van der Waals surface area contributed by atoms with Crippen molar-refractivity contribution < 1.29 is 14.0 Å². The minimum absolute atomic E-state index is 0.0584. The summed E-state index contributed by atoms with van der Waals surface area (Å²) in [4.78, 5) is 26.2. The summed E-state index contributed by atoms with van der Waals surface area (Å²) in [6, 6.07) is 11.3. The van der Waals surface area contributed by atoms with E-state index in [1.54, 1.807) is 48.2 Å². The fourth-order valence-corrected chi connectivity index (χ4v) is 3.36. The quantitative estimate of drug-likeness (QED) is 0.840. The minimum Gasteiger partial charge on any atom is -0.326 e. The zero-order valence-electron chi connectivity index (χ0n) is 14.5. The molecule has 2 aromatic rings. The number of amides is 2. The monoisotopic (exact) mass is 374 g/mol. The maximum atomic E-state index is 13.9.